The third kappa shape index (κ3) is 6.77. The van der Waals surface area contributed by atoms with Gasteiger partial charge in [-0.25, -0.2) is 0 Å². The van der Waals surface area contributed by atoms with Gasteiger partial charge in [0.2, 0.25) is 11.8 Å². The summed E-state index contributed by atoms with van der Waals surface area (Å²) >= 11 is 0. The largest absolute Gasteiger partial charge is 0.481 e. The molecule has 0 unspecified atom stereocenters. The highest BCUT2D eigenvalue weighted by molar-refractivity contribution is 5.86. The zero-order chi connectivity index (χ0) is 12.8. The van der Waals surface area contributed by atoms with Gasteiger partial charge in [-0.05, 0) is 13.8 Å². The molecule has 0 aromatic carbocycles. The molecule has 16 heavy (non-hydrogen) atoms. The predicted molar refractivity (Wildman–Crippen MR) is 56.5 cm³/mol. The summed E-state index contributed by atoms with van der Waals surface area (Å²) < 4.78 is 0. The number of carboxylic acids is 1. The Kier molecular flexibility index (Phi) is 5.44. The van der Waals surface area contributed by atoms with Crippen molar-refractivity contribution in [2.45, 2.75) is 25.8 Å². The molecule has 0 rings (SSSR count). The second-order valence-electron chi connectivity index (χ2n) is 3.98. The van der Waals surface area contributed by atoms with Gasteiger partial charge in [-0.15, -0.1) is 0 Å². The summed E-state index contributed by atoms with van der Waals surface area (Å²) in [7, 11) is 0. The van der Waals surface area contributed by atoms with Gasteiger partial charge in [0.25, 0.3) is 0 Å². The summed E-state index contributed by atoms with van der Waals surface area (Å²) in [5.74, 6) is -1.89. The van der Waals surface area contributed by atoms with E-state index in [0.29, 0.717) is 0 Å². The van der Waals surface area contributed by atoms with E-state index in [-0.39, 0.29) is 19.5 Å². The molecule has 0 spiro atoms. The molecule has 5 N–H and O–H groups in total. The number of amides is 2. The third-order valence-electron chi connectivity index (χ3n) is 1.70. The predicted octanol–water partition coefficient (Wildman–Crippen LogP) is -1.57. The van der Waals surface area contributed by atoms with E-state index in [4.69, 9.17) is 10.8 Å². The fraction of sp³-hybridized carbons (Fsp3) is 0.667. The van der Waals surface area contributed by atoms with Crippen molar-refractivity contribution in [3.05, 3.63) is 0 Å². The smallest absolute Gasteiger partial charge is 0.305 e. The first-order chi connectivity index (χ1) is 7.26. The Morgan fingerprint density at radius 3 is 2.25 bits per heavy atom. The molecule has 0 bridgehead atoms. The quantitative estimate of drug-likeness (QED) is 0.440. The molecule has 0 aromatic heterocycles. The van der Waals surface area contributed by atoms with Crippen LogP contribution in [0.25, 0.3) is 0 Å². The molecule has 7 heteroatoms. The molecule has 0 heterocycles. The molecule has 0 radical (unpaired) electrons. The number of carbonyl (C=O) groups is 3. The molecule has 0 saturated carbocycles. The van der Waals surface area contributed by atoms with Crippen LogP contribution in [0.2, 0.25) is 0 Å². The lowest BCUT2D eigenvalue weighted by Gasteiger charge is -2.24. The fourth-order valence-electron chi connectivity index (χ4n) is 1.09. The van der Waals surface area contributed by atoms with Crippen LogP contribution >= 0.6 is 0 Å². The minimum Gasteiger partial charge on any atom is -0.481 e. The molecule has 0 atom stereocenters. The maximum atomic E-state index is 11.3. The molecule has 7 nitrogen and oxygen atoms in total. The van der Waals surface area contributed by atoms with Crippen LogP contribution in [0.4, 0.5) is 0 Å². The lowest BCUT2D eigenvalue weighted by Crippen LogP contribution is -2.49. The van der Waals surface area contributed by atoms with E-state index in [0.717, 1.165) is 0 Å². The lowest BCUT2D eigenvalue weighted by molar-refractivity contribution is -0.138. The number of rotatable bonds is 6. The van der Waals surface area contributed by atoms with Crippen molar-refractivity contribution in [2.24, 2.45) is 5.73 Å². The van der Waals surface area contributed by atoms with Crippen LogP contribution in [-0.2, 0) is 14.4 Å². The SMILES string of the molecule is CC(C)(CC(=O)O)NC(=O)CNC(=O)CN. The van der Waals surface area contributed by atoms with E-state index in [1.165, 1.54) is 0 Å². The average molecular weight is 231 g/mol. The Bertz CT molecular complexity index is 288. The molecule has 0 fully saturated rings. The Labute approximate surface area is 93.4 Å². The monoisotopic (exact) mass is 231 g/mol. The number of carboxylic acid groups (broad SMARTS) is 1. The number of nitrogens with one attached hydrogen (secondary N) is 2. The second kappa shape index (κ2) is 6.06. The van der Waals surface area contributed by atoms with Crippen molar-refractivity contribution < 1.29 is 19.5 Å². The van der Waals surface area contributed by atoms with E-state index in [1.54, 1.807) is 13.8 Å². The van der Waals surface area contributed by atoms with E-state index < -0.39 is 23.3 Å². The van der Waals surface area contributed by atoms with E-state index in [1.807, 2.05) is 0 Å². The van der Waals surface area contributed by atoms with E-state index >= 15 is 0 Å². The number of aliphatic carboxylic acids is 1. The van der Waals surface area contributed by atoms with Crippen molar-refractivity contribution in [1.82, 2.24) is 10.6 Å². The Balaban J connectivity index is 4.03. The van der Waals surface area contributed by atoms with Gasteiger partial charge in [0.05, 0.1) is 19.5 Å². The van der Waals surface area contributed by atoms with Gasteiger partial charge in [0, 0.05) is 5.54 Å². The molecule has 0 aliphatic rings. The van der Waals surface area contributed by atoms with Gasteiger partial charge in [-0.1, -0.05) is 0 Å². The highest BCUT2D eigenvalue weighted by Gasteiger charge is 2.23. The Morgan fingerprint density at radius 2 is 1.81 bits per heavy atom. The first-order valence-electron chi connectivity index (χ1n) is 4.76. The number of carbonyl (C=O) groups excluding carboxylic acids is 2. The zero-order valence-corrected chi connectivity index (χ0v) is 9.37. The van der Waals surface area contributed by atoms with E-state index in [2.05, 4.69) is 10.6 Å². The highest BCUT2D eigenvalue weighted by atomic mass is 16.4. The second-order valence-corrected chi connectivity index (χ2v) is 3.98. The fourth-order valence-corrected chi connectivity index (χ4v) is 1.09. The lowest BCUT2D eigenvalue weighted by atomic mass is 10.0. The van der Waals surface area contributed by atoms with Crippen molar-refractivity contribution in [3.63, 3.8) is 0 Å². The number of hydrogen-bond acceptors (Lipinski definition) is 4. The van der Waals surface area contributed by atoms with Crippen LogP contribution in [0, 0.1) is 0 Å². The van der Waals surface area contributed by atoms with Crippen molar-refractivity contribution >= 4 is 17.8 Å². The minimum absolute atomic E-state index is 0.189. The van der Waals surface area contributed by atoms with Gasteiger partial charge in [0.1, 0.15) is 0 Å². The summed E-state index contributed by atoms with van der Waals surface area (Å²) in [6.45, 7) is 2.78. The molecule has 0 aliphatic heterocycles. The molecular weight excluding hydrogens is 214 g/mol. The van der Waals surface area contributed by atoms with Crippen LogP contribution in [0.5, 0.6) is 0 Å². The van der Waals surface area contributed by atoms with Crippen molar-refractivity contribution in [3.8, 4) is 0 Å². The number of nitrogens with two attached hydrogens (primary N) is 1. The van der Waals surface area contributed by atoms with Crippen LogP contribution in [0.3, 0.4) is 0 Å². The molecular formula is C9H17N3O4. The summed E-state index contributed by atoms with van der Waals surface area (Å²) in [5, 5.41) is 13.4. The summed E-state index contributed by atoms with van der Waals surface area (Å²) in [6.07, 6.45) is -0.191. The zero-order valence-electron chi connectivity index (χ0n) is 9.37. The first kappa shape index (κ1) is 14.4. The molecule has 0 saturated heterocycles. The van der Waals surface area contributed by atoms with Crippen LogP contribution in [0.15, 0.2) is 0 Å². The third-order valence-corrected chi connectivity index (χ3v) is 1.70. The highest BCUT2D eigenvalue weighted by Crippen LogP contribution is 2.07. The van der Waals surface area contributed by atoms with Crippen LogP contribution < -0.4 is 16.4 Å². The van der Waals surface area contributed by atoms with Crippen LogP contribution in [0.1, 0.15) is 20.3 Å². The van der Waals surface area contributed by atoms with Gasteiger partial charge in [0.15, 0.2) is 0 Å². The van der Waals surface area contributed by atoms with Gasteiger partial charge in [-0.2, -0.15) is 0 Å². The van der Waals surface area contributed by atoms with Crippen molar-refractivity contribution in [1.29, 1.82) is 0 Å². The normalized spacial score (nSPS) is 10.7. The Hall–Kier alpha value is -1.63. The standard InChI is InChI=1S/C9H17N3O4/c1-9(2,3-8(15)16)12-7(14)5-11-6(13)4-10/h3-5,10H2,1-2H3,(H,11,13)(H,12,14)(H,15,16). The maximum Gasteiger partial charge on any atom is 0.305 e. The summed E-state index contributed by atoms with van der Waals surface area (Å²) in [6, 6.07) is 0. The van der Waals surface area contributed by atoms with Crippen LogP contribution in [-0.4, -0.2) is 41.5 Å². The molecule has 0 aromatic rings. The molecule has 92 valence electrons. The average Bonchev–Trinajstić information content (AvgIpc) is 2.11. The van der Waals surface area contributed by atoms with Gasteiger partial charge in [-0.3, -0.25) is 14.4 Å². The van der Waals surface area contributed by atoms with E-state index in [9.17, 15) is 14.4 Å². The van der Waals surface area contributed by atoms with Gasteiger partial charge < -0.3 is 21.5 Å². The first-order valence-corrected chi connectivity index (χ1v) is 4.76. The number of hydrogen-bond donors (Lipinski definition) is 4. The Morgan fingerprint density at radius 1 is 1.25 bits per heavy atom. The van der Waals surface area contributed by atoms with Crippen molar-refractivity contribution in [2.75, 3.05) is 13.1 Å². The summed E-state index contributed by atoms with van der Waals surface area (Å²) in [5.41, 5.74) is 4.18. The topological polar surface area (TPSA) is 122 Å². The minimum atomic E-state index is -1.00. The molecule has 2 amide bonds. The summed E-state index contributed by atoms with van der Waals surface area (Å²) in [4.78, 5) is 32.5. The van der Waals surface area contributed by atoms with Gasteiger partial charge >= 0.3 is 5.97 Å². The molecule has 0 aliphatic carbocycles. The maximum absolute atomic E-state index is 11.3.